The third-order valence-electron chi connectivity index (χ3n) is 3.08. The summed E-state index contributed by atoms with van der Waals surface area (Å²) in [6, 6.07) is 0.649. The first-order valence-corrected chi connectivity index (χ1v) is 6.62. The summed E-state index contributed by atoms with van der Waals surface area (Å²) in [5.41, 5.74) is 1.23. The zero-order chi connectivity index (χ0) is 10.1. The van der Waals surface area contributed by atoms with E-state index < -0.39 is 0 Å². The molecule has 80 valence electrons. The van der Waals surface area contributed by atoms with Gasteiger partial charge in [-0.3, -0.25) is 0 Å². The maximum absolute atomic E-state index is 4.67. The summed E-state index contributed by atoms with van der Waals surface area (Å²) in [4.78, 5) is 4.67. The highest BCUT2D eigenvalue weighted by atomic mass is 32.1. The number of thiazole rings is 1. The van der Waals surface area contributed by atoms with Gasteiger partial charge in [-0.25, -0.2) is 4.98 Å². The predicted octanol–water partition coefficient (Wildman–Crippen LogP) is 2.83. The highest BCUT2D eigenvalue weighted by molar-refractivity contribution is 7.09. The molecule has 2 aliphatic rings. The van der Waals surface area contributed by atoms with Gasteiger partial charge in [0, 0.05) is 23.9 Å². The molecule has 1 N–H and O–H groups in total. The van der Waals surface area contributed by atoms with Gasteiger partial charge in [0.25, 0.3) is 0 Å². The smallest absolute Gasteiger partial charge is 0.0959 e. The first kappa shape index (κ1) is 9.55. The van der Waals surface area contributed by atoms with Crippen molar-refractivity contribution in [2.45, 2.75) is 44.2 Å². The summed E-state index contributed by atoms with van der Waals surface area (Å²) in [6.45, 7) is 0.940. The Balaban J connectivity index is 1.52. The fourth-order valence-electron chi connectivity index (χ4n) is 1.95. The largest absolute Gasteiger partial charge is 0.308 e. The van der Waals surface area contributed by atoms with Crippen LogP contribution in [0.15, 0.2) is 17.5 Å². The van der Waals surface area contributed by atoms with E-state index in [-0.39, 0.29) is 0 Å². The summed E-state index contributed by atoms with van der Waals surface area (Å²) < 4.78 is 0. The van der Waals surface area contributed by atoms with Crippen LogP contribution in [0.4, 0.5) is 0 Å². The molecule has 2 aliphatic carbocycles. The molecule has 0 unspecified atom stereocenters. The summed E-state index contributed by atoms with van der Waals surface area (Å²) >= 11 is 1.84. The number of nitrogens with one attached hydrogen (secondary N) is 1. The standard InChI is InChI=1S/C12H16N2S/c1-2-4-10(3-1)13-7-11-8-15-12(14-11)9-5-6-9/h1-2,8-10,13H,3-7H2. The maximum atomic E-state index is 4.67. The Labute approximate surface area is 94.4 Å². The topological polar surface area (TPSA) is 24.9 Å². The van der Waals surface area contributed by atoms with Crippen LogP contribution in [0.5, 0.6) is 0 Å². The minimum absolute atomic E-state index is 0.649. The van der Waals surface area contributed by atoms with Crippen molar-refractivity contribution in [1.82, 2.24) is 10.3 Å². The van der Waals surface area contributed by atoms with Crippen molar-refractivity contribution in [1.29, 1.82) is 0 Å². The van der Waals surface area contributed by atoms with Gasteiger partial charge in [-0.15, -0.1) is 11.3 Å². The van der Waals surface area contributed by atoms with Gasteiger partial charge in [-0.05, 0) is 25.7 Å². The highest BCUT2D eigenvalue weighted by Crippen LogP contribution is 2.41. The van der Waals surface area contributed by atoms with Crippen molar-refractivity contribution < 1.29 is 0 Å². The fraction of sp³-hybridized carbons (Fsp3) is 0.583. The second-order valence-electron chi connectivity index (χ2n) is 4.47. The molecule has 1 aromatic heterocycles. The monoisotopic (exact) mass is 220 g/mol. The third-order valence-corrected chi connectivity index (χ3v) is 4.13. The van der Waals surface area contributed by atoms with E-state index in [9.17, 15) is 0 Å². The second-order valence-corrected chi connectivity index (χ2v) is 5.36. The van der Waals surface area contributed by atoms with Gasteiger partial charge in [0.05, 0.1) is 10.7 Å². The third kappa shape index (κ3) is 2.29. The van der Waals surface area contributed by atoms with Crippen molar-refractivity contribution in [3.05, 3.63) is 28.2 Å². The molecule has 0 saturated heterocycles. The molecule has 0 radical (unpaired) electrons. The first-order valence-electron chi connectivity index (χ1n) is 5.74. The number of aromatic nitrogens is 1. The molecule has 15 heavy (non-hydrogen) atoms. The van der Waals surface area contributed by atoms with Crippen LogP contribution < -0.4 is 5.32 Å². The molecular weight excluding hydrogens is 204 g/mol. The molecule has 1 saturated carbocycles. The fourth-order valence-corrected chi connectivity index (χ4v) is 2.95. The van der Waals surface area contributed by atoms with Crippen LogP contribution in [0, 0.1) is 0 Å². The zero-order valence-electron chi connectivity index (χ0n) is 8.78. The van der Waals surface area contributed by atoms with Crippen molar-refractivity contribution in [2.75, 3.05) is 0 Å². The van der Waals surface area contributed by atoms with E-state index in [4.69, 9.17) is 0 Å². The summed E-state index contributed by atoms with van der Waals surface area (Å²) in [5.74, 6) is 0.803. The van der Waals surface area contributed by atoms with Crippen molar-refractivity contribution in [3.63, 3.8) is 0 Å². The van der Waals surface area contributed by atoms with E-state index in [2.05, 4.69) is 27.8 Å². The lowest BCUT2D eigenvalue weighted by molar-refractivity contribution is 0.534. The molecule has 0 aliphatic heterocycles. The molecule has 1 heterocycles. The van der Waals surface area contributed by atoms with Crippen molar-refractivity contribution in [3.8, 4) is 0 Å². The quantitative estimate of drug-likeness (QED) is 0.789. The van der Waals surface area contributed by atoms with Crippen molar-refractivity contribution in [2.24, 2.45) is 0 Å². The van der Waals surface area contributed by atoms with Gasteiger partial charge < -0.3 is 5.32 Å². The van der Waals surface area contributed by atoms with Crippen LogP contribution in [0.1, 0.15) is 42.3 Å². The molecular formula is C12H16N2S. The maximum Gasteiger partial charge on any atom is 0.0959 e. The SMILES string of the molecule is C1=CCC(NCc2csc(C3CC3)n2)C1. The molecule has 0 bridgehead atoms. The molecule has 3 rings (SSSR count). The first-order chi connectivity index (χ1) is 7.42. The number of hydrogen-bond acceptors (Lipinski definition) is 3. The van der Waals surface area contributed by atoms with Crippen LogP contribution in [-0.2, 0) is 6.54 Å². The lowest BCUT2D eigenvalue weighted by Gasteiger charge is -2.09. The average molecular weight is 220 g/mol. The van der Waals surface area contributed by atoms with E-state index in [0.717, 1.165) is 12.5 Å². The molecule has 3 heteroatoms. The van der Waals surface area contributed by atoms with E-state index >= 15 is 0 Å². The van der Waals surface area contributed by atoms with Crippen LogP contribution in [0.25, 0.3) is 0 Å². The van der Waals surface area contributed by atoms with E-state index in [0.29, 0.717) is 6.04 Å². The Bertz CT molecular complexity index is 357. The van der Waals surface area contributed by atoms with Gasteiger partial charge in [0.1, 0.15) is 0 Å². The number of nitrogens with zero attached hydrogens (tertiary/aromatic N) is 1. The van der Waals surface area contributed by atoms with Gasteiger partial charge in [-0.1, -0.05) is 12.2 Å². The van der Waals surface area contributed by atoms with Crippen LogP contribution in [0.3, 0.4) is 0 Å². The molecule has 2 nitrogen and oxygen atoms in total. The Morgan fingerprint density at radius 2 is 2.13 bits per heavy atom. The van der Waals surface area contributed by atoms with Crippen LogP contribution >= 0.6 is 11.3 Å². The van der Waals surface area contributed by atoms with Gasteiger partial charge in [-0.2, -0.15) is 0 Å². The van der Waals surface area contributed by atoms with Gasteiger partial charge in [0.2, 0.25) is 0 Å². The Hall–Kier alpha value is -0.670. The Morgan fingerprint density at radius 3 is 2.87 bits per heavy atom. The molecule has 0 aromatic carbocycles. The molecule has 1 aromatic rings. The Morgan fingerprint density at radius 1 is 1.33 bits per heavy atom. The Kier molecular flexibility index (Phi) is 2.59. The number of rotatable bonds is 4. The van der Waals surface area contributed by atoms with Gasteiger partial charge >= 0.3 is 0 Å². The molecule has 1 fully saturated rings. The van der Waals surface area contributed by atoms with E-state index in [1.807, 2.05) is 11.3 Å². The normalized spacial score (nSPS) is 21.3. The summed E-state index contributed by atoms with van der Waals surface area (Å²) in [6.07, 6.45) is 9.59. The summed E-state index contributed by atoms with van der Waals surface area (Å²) in [7, 11) is 0. The minimum atomic E-state index is 0.649. The molecule has 0 amide bonds. The lowest BCUT2D eigenvalue weighted by Crippen LogP contribution is -2.25. The van der Waals surface area contributed by atoms with Crippen LogP contribution in [0.2, 0.25) is 0 Å². The summed E-state index contributed by atoms with van der Waals surface area (Å²) in [5, 5.41) is 7.12. The second kappa shape index (κ2) is 4.06. The average Bonchev–Trinajstić information content (AvgIpc) is 2.82. The van der Waals surface area contributed by atoms with E-state index in [1.165, 1.54) is 36.4 Å². The van der Waals surface area contributed by atoms with Gasteiger partial charge in [0.15, 0.2) is 0 Å². The molecule has 0 spiro atoms. The van der Waals surface area contributed by atoms with E-state index in [1.54, 1.807) is 0 Å². The highest BCUT2D eigenvalue weighted by Gasteiger charge is 2.26. The van der Waals surface area contributed by atoms with Crippen molar-refractivity contribution >= 4 is 11.3 Å². The van der Waals surface area contributed by atoms with Crippen LogP contribution in [-0.4, -0.2) is 11.0 Å². The lowest BCUT2D eigenvalue weighted by atomic mass is 10.2. The zero-order valence-corrected chi connectivity index (χ0v) is 9.59. The predicted molar refractivity (Wildman–Crippen MR) is 63.1 cm³/mol. The minimum Gasteiger partial charge on any atom is -0.308 e. The number of hydrogen-bond donors (Lipinski definition) is 1. The molecule has 0 atom stereocenters.